The Morgan fingerprint density at radius 1 is 1.00 bits per heavy atom. The third-order valence-corrected chi connectivity index (χ3v) is 4.47. The fraction of sp³-hybridized carbons (Fsp3) is 0.364. The van der Waals surface area contributed by atoms with Gasteiger partial charge in [0.15, 0.2) is 0 Å². The molecule has 3 aromatic carbocycles. The summed E-state index contributed by atoms with van der Waals surface area (Å²) in [4.78, 5) is 0. The Hall–Kier alpha value is 0.0101. The summed E-state index contributed by atoms with van der Waals surface area (Å²) < 4.78 is 0. The molecule has 0 radical (unpaired) electrons. The van der Waals surface area contributed by atoms with Crippen LogP contribution in [0.2, 0.25) is 0 Å². The van der Waals surface area contributed by atoms with Gasteiger partial charge in [0.1, 0.15) is 0 Å². The van der Waals surface area contributed by atoms with Crippen molar-refractivity contribution in [1.29, 1.82) is 0 Å². The Bertz CT molecular complexity index is 671. The Morgan fingerprint density at radius 2 is 1.72 bits per heavy atom. The van der Waals surface area contributed by atoms with E-state index in [0.29, 0.717) is 0 Å². The zero-order valence-electron chi connectivity index (χ0n) is 15.1. The van der Waals surface area contributed by atoms with Crippen LogP contribution in [-0.4, -0.2) is 0 Å². The van der Waals surface area contributed by atoms with Gasteiger partial charge in [0.2, 0.25) is 0 Å². The molecule has 0 aliphatic heterocycles. The van der Waals surface area contributed by atoms with E-state index in [2.05, 4.69) is 68.4 Å². The first kappa shape index (κ1) is 25.0. The van der Waals surface area contributed by atoms with Gasteiger partial charge in [-0.3, -0.25) is 0 Å². The summed E-state index contributed by atoms with van der Waals surface area (Å²) in [6.45, 7) is 4.60. The molecule has 0 unspecified atom stereocenters. The molecular formula is C22H26Br2Hf. The molecule has 0 amide bonds. The predicted octanol–water partition coefficient (Wildman–Crippen LogP) is 0.0470. The first-order valence-corrected chi connectivity index (χ1v) is 8.60. The first-order chi connectivity index (χ1) is 10.7. The van der Waals surface area contributed by atoms with Gasteiger partial charge < -0.3 is 34.0 Å². The molecule has 0 heterocycles. The molecule has 0 nitrogen and oxygen atoms in total. The quantitative estimate of drug-likeness (QED) is 0.278. The van der Waals surface area contributed by atoms with Gasteiger partial charge >= 0.3 is 25.8 Å². The Balaban J connectivity index is 0.000000430. The van der Waals surface area contributed by atoms with Gasteiger partial charge in [-0.05, 0) is 12.3 Å². The van der Waals surface area contributed by atoms with Crippen LogP contribution in [0.3, 0.4) is 0 Å². The monoisotopic (exact) mass is 628 g/mol. The van der Waals surface area contributed by atoms with Crippen molar-refractivity contribution in [1.82, 2.24) is 0 Å². The topological polar surface area (TPSA) is 0 Å². The molecule has 0 bridgehead atoms. The molecule has 3 heteroatoms. The van der Waals surface area contributed by atoms with Gasteiger partial charge in [0.05, 0.1) is 0 Å². The second-order valence-electron chi connectivity index (χ2n) is 6.87. The van der Waals surface area contributed by atoms with Crippen LogP contribution in [-0.2, 0) is 45.1 Å². The van der Waals surface area contributed by atoms with Crippen LogP contribution in [0, 0.1) is 5.92 Å². The van der Waals surface area contributed by atoms with Crippen LogP contribution in [0.25, 0.3) is 10.8 Å². The van der Waals surface area contributed by atoms with E-state index in [-0.39, 0.29) is 59.8 Å². The second kappa shape index (κ2) is 12.4. The van der Waals surface area contributed by atoms with Crippen molar-refractivity contribution in [2.75, 3.05) is 0 Å². The fourth-order valence-electron chi connectivity index (χ4n) is 3.43. The third-order valence-electron chi connectivity index (χ3n) is 4.47. The zero-order valence-corrected chi connectivity index (χ0v) is 21.8. The van der Waals surface area contributed by atoms with Crippen molar-refractivity contribution in [3.63, 3.8) is 0 Å². The van der Waals surface area contributed by atoms with E-state index in [0.717, 1.165) is 5.92 Å². The van der Waals surface area contributed by atoms with Crippen molar-refractivity contribution in [3.8, 4) is 0 Å². The molecule has 1 aliphatic carbocycles. The molecule has 0 saturated heterocycles. The second-order valence-corrected chi connectivity index (χ2v) is 6.87. The van der Waals surface area contributed by atoms with Crippen molar-refractivity contribution >= 4 is 10.8 Å². The number of halogens is 2. The predicted molar refractivity (Wildman–Crippen MR) is 96.8 cm³/mol. The molecule has 3 aromatic rings. The van der Waals surface area contributed by atoms with Gasteiger partial charge in [0, 0.05) is 0 Å². The smallest absolute Gasteiger partial charge is 1.00 e. The van der Waals surface area contributed by atoms with Gasteiger partial charge in [-0.25, -0.2) is 6.07 Å². The van der Waals surface area contributed by atoms with E-state index >= 15 is 0 Å². The Morgan fingerprint density at radius 3 is 2.40 bits per heavy atom. The molecule has 0 aromatic heterocycles. The van der Waals surface area contributed by atoms with Gasteiger partial charge in [0.25, 0.3) is 0 Å². The molecule has 0 spiro atoms. The molecular weight excluding hydrogens is 603 g/mol. The van der Waals surface area contributed by atoms with Crippen LogP contribution in [0.5, 0.6) is 0 Å². The Kier molecular flexibility index (Phi) is 12.4. The van der Waals surface area contributed by atoms with Crippen LogP contribution >= 0.6 is 0 Å². The van der Waals surface area contributed by atoms with Crippen molar-refractivity contribution < 1.29 is 59.8 Å². The minimum absolute atomic E-state index is 0. The van der Waals surface area contributed by atoms with Crippen LogP contribution in [0.15, 0.2) is 54.6 Å². The van der Waals surface area contributed by atoms with Crippen molar-refractivity contribution in [2.45, 2.75) is 46.0 Å². The van der Waals surface area contributed by atoms with E-state index in [1.54, 1.807) is 16.7 Å². The molecule has 0 fully saturated rings. The summed E-state index contributed by atoms with van der Waals surface area (Å²) in [6, 6.07) is 19.5. The number of aryl methyl sites for hydroxylation is 2. The maximum Gasteiger partial charge on any atom is 4.00 e. The van der Waals surface area contributed by atoms with Crippen LogP contribution in [0.1, 0.15) is 43.4 Å². The minimum Gasteiger partial charge on any atom is -1.00 e. The number of hydrogen-bond donors (Lipinski definition) is 0. The normalized spacial score (nSPS) is 12.1. The van der Waals surface area contributed by atoms with E-state index in [4.69, 9.17) is 0 Å². The molecule has 0 saturated carbocycles. The fourth-order valence-corrected chi connectivity index (χ4v) is 3.43. The summed E-state index contributed by atoms with van der Waals surface area (Å²) in [5.74, 6) is 0.795. The Labute approximate surface area is 192 Å². The van der Waals surface area contributed by atoms with Gasteiger partial charge in [-0.1, -0.05) is 45.6 Å². The number of hydrogen-bond acceptors (Lipinski definition) is 0. The first-order valence-electron chi connectivity index (χ1n) is 8.60. The SMILES string of the molecule is CC(C)Cc1cc2c([cH-]1)CCCC2.[Br-].[Br-].[Hf+4].c1ccc2[cH-]ccc2c1. The van der Waals surface area contributed by atoms with Gasteiger partial charge in [-0.15, -0.1) is 29.7 Å². The van der Waals surface area contributed by atoms with Crippen LogP contribution < -0.4 is 34.0 Å². The molecule has 25 heavy (non-hydrogen) atoms. The number of rotatable bonds is 2. The molecule has 4 rings (SSSR count). The van der Waals surface area contributed by atoms with Crippen molar-refractivity contribution in [2.24, 2.45) is 5.92 Å². The number of benzene rings is 1. The largest absolute Gasteiger partial charge is 4.00 e. The summed E-state index contributed by atoms with van der Waals surface area (Å²) >= 11 is 0. The minimum atomic E-state index is 0. The molecule has 1 aliphatic rings. The van der Waals surface area contributed by atoms with E-state index < -0.39 is 0 Å². The van der Waals surface area contributed by atoms with E-state index in [1.807, 2.05) is 0 Å². The molecule has 0 N–H and O–H groups in total. The number of fused-ring (bicyclic) bond motifs is 2. The standard InChI is InChI=1S/C13H19.C9H7.2BrH.Hf/c1-10(2)7-11-8-12-5-3-4-6-13(12)9-11;1-2-5-9-7-3-6-8(9)4-1;;;/h8-10H,3-7H2,1-2H3;1-7H;2*1H;/q2*-1;;;+4/p-2. The summed E-state index contributed by atoms with van der Waals surface area (Å²) in [7, 11) is 0. The van der Waals surface area contributed by atoms with Gasteiger partial charge in [-0.2, -0.15) is 40.3 Å². The van der Waals surface area contributed by atoms with Crippen LogP contribution in [0.4, 0.5) is 0 Å². The summed E-state index contributed by atoms with van der Waals surface area (Å²) in [5.41, 5.74) is 4.85. The maximum atomic E-state index is 2.44. The molecule has 132 valence electrons. The van der Waals surface area contributed by atoms with E-state index in [9.17, 15) is 0 Å². The van der Waals surface area contributed by atoms with Crippen molar-refractivity contribution in [3.05, 3.63) is 71.3 Å². The summed E-state index contributed by atoms with van der Waals surface area (Å²) in [5, 5.41) is 2.66. The average Bonchev–Trinajstić information content (AvgIpc) is 3.12. The third kappa shape index (κ3) is 7.27. The zero-order chi connectivity index (χ0) is 15.4. The molecule has 0 atom stereocenters. The van der Waals surface area contributed by atoms with E-state index in [1.165, 1.54) is 42.9 Å². The average molecular weight is 629 g/mol. The maximum absolute atomic E-state index is 2.44. The summed E-state index contributed by atoms with van der Waals surface area (Å²) in [6.07, 6.45) is 6.71.